The summed E-state index contributed by atoms with van der Waals surface area (Å²) >= 11 is 0. The molecule has 4 aliphatic carbocycles. The molecule has 0 atom stereocenters. The zero-order chi connectivity index (χ0) is 16.7. The van der Waals surface area contributed by atoms with Crippen LogP contribution in [0.25, 0.3) is 0 Å². The average molecular weight is 326 g/mol. The van der Waals surface area contributed by atoms with Crippen molar-refractivity contribution in [1.82, 2.24) is 5.32 Å². The highest BCUT2D eigenvalue weighted by molar-refractivity contribution is 5.96. The van der Waals surface area contributed by atoms with E-state index in [1.54, 1.807) is 0 Å². The first-order chi connectivity index (χ1) is 11.5. The van der Waals surface area contributed by atoms with Crippen LogP contribution in [0.3, 0.4) is 0 Å². The largest absolute Gasteiger partial charge is 0.347 e. The van der Waals surface area contributed by atoms with Crippen molar-refractivity contribution in [3.8, 4) is 0 Å². The Kier molecular flexibility index (Phi) is 3.86. The first-order valence-corrected chi connectivity index (χ1v) is 9.18. The maximum Gasteiger partial charge on any atom is 0.243 e. The van der Waals surface area contributed by atoms with Crippen molar-refractivity contribution < 1.29 is 9.59 Å². The Hall–Kier alpha value is -1.84. The lowest BCUT2D eigenvalue weighted by atomic mass is 9.49. The number of rotatable bonds is 4. The first-order valence-electron chi connectivity index (χ1n) is 9.18. The van der Waals surface area contributed by atoms with Crippen molar-refractivity contribution >= 4 is 17.5 Å². The highest BCUT2D eigenvalue weighted by Gasteiger charge is 2.54. The molecule has 0 radical (unpaired) electrons. The van der Waals surface area contributed by atoms with E-state index in [0.717, 1.165) is 48.3 Å². The molecular weight excluding hydrogens is 300 g/mol. The zero-order valence-corrected chi connectivity index (χ0v) is 14.3. The highest BCUT2D eigenvalue weighted by atomic mass is 16.2. The third-order valence-electron chi connectivity index (χ3n) is 6.35. The monoisotopic (exact) mass is 326 g/mol. The summed E-state index contributed by atoms with van der Waals surface area (Å²) in [6.45, 7) is 2.03. The van der Waals surface area contributed by atoms with Gasteiger partial charge in [-0.25, -0.2) is 0 Å². The van der Waals surface area contributed by atoms with Crippen LogP contribution in [0.15, 0.2) is 24.3 Å². The minimum absolute atomic E-state index is 0.0644. The molecule has 1 aromatic rings. The van der Waals surface area contributed by atoms with Gasteiger partial charge in [-0.1, -0.05) is 18.2 Å². The van der Waals surface area contributed by atoms with Crippen LogP contribution in [0.5, 0.6) is 0 Å². The predicted molar refractivity (Wildman–Crippen MR) is 93.4 cm³/mol. The van der Waals surface area contributed by atoms with Gasteiger partial charge >= 0.3 is 0 Å². The fraction of sp³-hybridized carbons (Fsp3) is 0.600. The first kappa shape index (κ1) is 15.7. The molecule has 0 aliphatic heterocycles. The summed E-state index contributed by atoms with van der Waals surface area (Å²) in [5, 5.41) is 5.81. The topological polar surface area (TPSA) is 58.2 Å². The maximum atomic E-state index is 12.8. The lowest BCUT2D eigenvalue weighted by Crippen LogP contribution is -2.54. The Balaban J connectivity index is 1.35. The number of nitrogens with one attached hydrogen (secondary N) is 2. The molecular formula is C20H26N2O2. The van der Waals surface area contributed by atoms with E-state index in [4.69, 9.17) is 0 Å². The summed E-state index contributed by atoms with van der Waals surface area (Å²) < 4.78 is 0. The summed E-state index contributed by atoms with van der Waals surface area (Å²) in [5.41, 5.74) is 1.65. The van der Waals surface area contributed by atoms with Crippen molar-refractivity contribution in [3.63, 3.8) is 0 Å². The van der Waals surface area contributed by atoms with Gasteiger partial charge in [0.15, 0.2) is 0 Å². The molecule has 4 saturated carbocycles. The minimum Gasteiger partial charge on any atom is -0.347 e. The summed E-state index contributed by atoms with van der Waals surface area (Å²) in [7, 11) is 0. The van der Waals surface area contributed by atoms with Crippen molar-refractivity contribution in [2.45, 2.75) is 45.4 Å². The van der Waals surface area contributed by atoms with Gasteiger partial charge in [-0.15, -0.1) is 0 Å². The summed E-state index contributed by atoms with van der Waals surface area (Å²) in [4.78, 5) is 25.0. The number of hydrogen-bond acceptors (Lipinski definition) is 2. The van der Waals surface area contributed by atoms with E-state index in [1.807, 2.05) is 31.2 Å². The van der Waals surface area contributed by atoms with Crippen molar-refractivity contribution in [3.05, 3.63) is 29.8 Å². The van der Waals surface area contributed by atoms with Crippen molar-refractivity contribution in [2.75, 3.05) is 11.9 Å². The molecule has 0 aromatic heterocycles. The molecule has 4 aliphatic rings. The Bertz CT molecular complexity index is 632. The number of para-hydroxylation sites is 1. The number of carbonyl (C=O) groups excluding carboxylic acids is 2. The molecule has 4 nitrogen and oxygen atoms in total. The molecule has 5 rings (SSSR count). The Morgan fingerprint density at radius 2 is 1.62 bits per heavy atom. The van der Waals surface area contributed by atoms with Gasteiger partial charge in [0.25, 0.3) is 0 Å². The van der Waals surface area contributed by atoms with Gasteiger partial charge in [0.05, 0.1) is 6.54 Å². The van der Waals surface area contributed by atoms with E-state index in [1.165, 1.54) is 19.3 Å². The summed E-state index contributed by atoms with van der Waals surface area (Å²) in [6.07, 6.45) is 7.06. The number of benzene rings is 1. The zero-order valence-electron chi connectivity index (χ0n) is 14.3. The van der Waals surface area contributed by atoms with Crippen molar-refractivity contribution in [2.24, 2.45) is 23.2 Å². The molecule has 0 spiro atoms. The molecule has 4 bridgehead atoms. The van der Waals surface area contributed by atoms with Gasteiger partial charge in [-0.3, -0.25) is 9.59 Å². The third-order valence-corrected chi connectivity index (χ3v) is 6.35. The molecule has 0 unspecified atom stereocenters. The van der Waals surface area contributed by atoms with Gasteiger partial charge in [0.1, 0.15) is 0 Å². The second-order valence-electron chi connectivity index (χ2n) is 8.24. The lowest BCUT2D eigenvalue weighted by Gasteiger charge is -2.55. The van der Waals surface area contributed by atoms with E-state index in [2.05, 4.69) is 10.6 Å². The standard InChI is InChI=1S/C20H26N2O2/c1-13-4-2-3-5-17(13)22-18(23)12-21-19(24)20-9-14-6-15(10-20)8-16(7-14)11-20/h2-5,14-16H,6-12H2,1H3,(H,21,24)(H,22,23). The number of anilines is 1. The normalized spacial score (nSPS) is 33.3. The van der Waals surface area contributed by atoms with E-state index in [0.29, 0.717) is 0 Å². The lowest BCUT2D eigenvalue weighted by molar-refractivity contribution is -0.146. The molecule has 128 valence electrons. The molecule has 0 saturated heterocycles. The molecule has 24 heavy (non-hydrogen) atoms. The quantitative estimate of drug-likeness (QED) is 0.892. The van der Waals surface area contributed by atoms with E-state index >= 15 is 0 Å². The predicted octanol–water partition coefficient (Wildman–Crippen LogP) is 3.27. The van der Waals surface area contributed by atoms with E-state index in [9.17, 15) is 9.59 Å². The van der Waals surface area contributed by atoms with Crippen LogP contribution in [0.4, 0.5) is 5.69 Å². The summed E-state index contributed by atoms with van der Waals surface area (Å²) in [6, 6.07) is 7.69. The van der Waals surface area contributed by atoms with Gasteiger partial charge in [0.2, 0.25) is 11.8 Å². The maximum absolute atomic E-state index is 12.8. The Morgan fingerprint density at radius 3 is 2.21 bits per heavy atom. The van der Waals surface area contributed by atoms with Crippen LogP contribution in [0.1, 0.15) is 44.1 Å². The molecule has 2 N–H and O–H groups in total. The molecule has 4 heteroatoms. The number of amides is 2. The van der Waals surface area contributed by atoms with Crippen LogP contribution < -0.4 is 10.6 Å². The molecule has 4 fully saturated rings. The van der Waals surface area contributed by atoms with Gasteiger partial charge in [-0.2, -0.15) is 0 Å². The fourth-order valence-electron chi connectivity index (χ4n) is 5.64. The van der Waals surface area contributed by atoms with Crippen molar-refractivity contribution in [1.29, 1.82) is 0 Å². The van der Waals surface area contributed by atoms with Crippen LogP contribution in [-0.4, -0.2) is 18.4 Å². The second-order valence-corrected chi connectivity index (χ2v) is 8.24. The molecule has 2 amide bonds. The van der Waals surface area contributed by atoms with E-state index in [-0.39, 0.29) is 23.8 Å². The fourth-order valence-corrected chi connectivity index (χ4v) is 5.64. The SMILES string of the molecule is Cc1ccccc1NC(=O)CNC(=O)C12CC3CC(CC(C3)C1)C2. The number of aryl methyl sites for hydroxylation is 1. The van der Waals surface area contributed by atoms with Crippen LogP contribution >= 0.6 is 0 Å². The third kappa shape index (κ3) is 2.83. The molecule has 1 aromatic carbocycles. The van der Waals surface area contributed by atoms with Crippen LogP contribution in [0.2, 0.25) is 0 Å². The van der Waals surface area contributed by atoms with E-state index < -0.39 is 0 Å². The molecule has 0 heterocycles. The van der Waals surface area contributed by atoms with Gasteiger partial charge < -0.3 is 10.6 Å². The second kappa shape index (κ2) is 5.91. The Labute approximate surface area is 143 Å². The minimum atomic E-state index is -0.183. The average Bonchev–Trinajstić information content (AvgIpc) is 2.53. The smallest absolute Gasteiger partial charge is 0.243 e. The number of carbonyl (C=O) groups is 2. The number of hydrogen-bond donors (Lipinski definition) is 2. The van der Waals surface area contributed by atoms with Crippen LogP contribution in [-0.2, 0) is 9.59 Å². The van der Waals surface area contributed by atoms with Gasteiger partial charge in [-0.05, 0) is 74.8 Å². The van der Waals surface area contributed by atoms with Gasteiger partial charge in [0, 0.05) is 11.1 Å². The summed E-state index contributed by atoms with van der Waals surface area (Å²) in [5.74, 6) is 2.18. The van der Waals surface area contributed by atoms with Crippen LogP contribution in [0, 0.1) is 30.1 Å². The highest BCUT2D eigenvalue weighted by Crippen LogP contribution is 2.60. The Morgan fingerprint density at radius 1 is 1.04 bits per heavy atom.